The van der Waals surface area contributed by atoms with E-state index in [-0.39, 0.29) is 5.91 Å². The number of thioether (sulfide) groups is 1. The third-order valence-corrected chi connectivity index (χ3v) is 2.85. The zero-order valence-corrected chi connectivity index (χ0v) is 10.0. The maximum Gasteiger partial charge on any atom is 0.230 e. The number of rotatable bonds is 6. The van der Waals surface area contributed by atoms with E-state index in [9.17, 15) is 4.79 Å². The minimum Gasteiger partial charge on any atom is -0.497 e. The van der Waals surface area contributed by atoms with Gasteiger partial charge in [0.05, 0.1) is 12.9 Å². The highest BCUT2D eigenvalue weighted by Gasteiger charge is 2.02. The Morgan fingerprint density at radius 1 is 1.62 bits per heavy atom. The number of hydrogen-bond donors (Lipinski definition) is 1. The molecule has 0 unspecified atom stereocenters. The van der Waals surface area contributed by atoms with Crippen molar-refractivity contribution < 1.29 is 9.53 Å². The minimum absolute atomic E-state index is 0.00715. The van der Waals surface area contributed by atoms with Gasteiger partial charge >= 0.3 is 0 Å². The van der Waals surface area contributed by atoms with Crippen LogP contribution in [-0.4, -0.2) is 25.3 Å². The van der Waals surface area contributed by atoms with E-state index in [1.54, 1.807) is 13.2 Å². The van der Waals surface area contributed by atoms with E-state index in [4.69, 9.17) is 4.74 Å². The number of carbonyl (C=O) groups excluding carboxylic acids is 1. The molecule has 0 spiro atoms. The molecule has 0 aromatic heterocycles. The summed E-state index contributed by atoms with van der Waals surface area (Å²) in [5.74, 6) is 1.21. The first-order valence-corrected chi connectivity index (χ1v) is 5.89. The summed E-state index contributed by atoms with van der Waals surface area (Å²) in [6, 6.07) is 7.64. The number of benzene rings is 1. The van der Waals surface area contributed by atoms with E-state index in [0.717, 1.165) is 10.6 Å². The minimum atomic E-state index is 0.00715. The maximum atomic E-state index is 11.3. The van der Waals surface area contributed by atoms with Gasteiger partial charge in [-0.1, -0.05) is 12.1 Å². The summed E-state index contributed by atoms with van der Waals surface area (Å²) in [5, 5.41) is 2.72. The zero-order chi connectivity index (χ0) is 11.8. The van der Waals surface area contributed by atoms with Crippen molar-refractivity contribution in [3.8, 4) is 5.75 Å². The molecule has 0 saturated heterocycles. The van der Waals surface area contributed by atoms with Gasteiger partial charge in [0.15, 0.2) is 0 Å². The van der Waals surface area contributed by atoms with Crippen molar-refractivity contribution >= 4 is 17.7 Å². The second-order valence-corrected chi connectivity index (χ2v) is 4.11. The van der Waals surface area contributed by atoms with Crippen LogP contribution in [0.2, 0.25) is 0 Å². The number of carbonyl (C=O) groups is 1. The van der Waals surface area contributed by atoms with Crippen LogP contribution in [0.25, 0.3) is 0 Å². The lowest BCUT2D eigenvalue weighted by Crippen LogP contribution is -2.24. The lowest BCUT2D eigenvalue weighted by atomic mass is 10.3. The van der Waals surface area contributed by atoms with E-state index >= 15 is 0 Å². The molecule has 86 valence electrons. The summed E-state index contributed by atoms with van der Waals surface area (Å²) in [5.41, 5.74) is 0. The van der Waals surface area contributed by atoms with Crippen molar-refractivity contribution in [2.45, 2.75) is 4.90 Å². The Balaban J connectivity index is 2.41. The number of hydrogen-bond acceptors (Lipinski definition) is 3. The molecule has 3 nitrogen and oxygen atoms in total. The lowest BCUT2D eigenvalue weighted by molar-refractivity contribution is -0.118. The number of ether oxygens (including phenoxy) is 1. The first kappa shape index (κ1) is 12.6. The van der Waals surface area contributed by atoms with E-state index in [2.05, 4.69) is 11.9 Å². The monoisotopic (exact) mass is 237 g/mol. The van der Waals surface area contributed by atoms with Gasteiger partial charge in [-0.05, 0) is 18.2 Å². The Morgan fingerprint density at radius 3 is 3.12 bits per heavy atom. The fourth-order valence-corrected chi connectivity index (χ4v) is 1.85. The molecule has 0 aliphatic carbocycles. The van der Waals surface area contributed by atoms with Crippen molar-refractivity contribution in [1.29, 1.82) is 0 Å². The average molecular weight is 237 g/mol. The fraction of sp³-hybridized carbons (Fsp3) is 0.250. The summed E-state index contributed by atoms with van der Waals surface area (Å²) in [7, 11) is 1.63. The van der Waals surface area contributed by atoms with Gasteiger partial charge in [0.25, 0.3) is 0 Å². The predicted octanol–water partition coefficient (Wildman–Crippen LogP) is 2.09. The van der Waals surface area contributed by atoms with Crippen LogP contribution in [0.15, 0.2) is 41.8 Å². The number of methoxy groups -OCH3 is 1. The average Bonchev–Trinajstić information content (AvgIpc) is 2.34. The van der Waals surface area contributed by atoms with Crippen LogP contribution in [0.5, 0.6) is 5.75 Å². The van der Waals surface area contributed by atoms with Crippen molar-refractivity contribution in [3.05, 3.63) is 36.9 Å². The van der Waals surface area contributed by atoms with Crippen LogP contribution in [0.1, 0.15) is 0 Å². The Hall–Kier alpha value is -1.42. The summed E-state index contributed by atoms with van der Waals surface area (Å²) in [6.07, 6.45) is 1.66. The molecule has 16 heavy (non-hydrogen) atoms. The Bertz CT molecular complexity index is 366. The van der Waals surface area contributed by atoms with Crippen LogP contribution in [0.3, 0.4) is 0 Å². The highest BCUT2D eigenvalue weighted by atomic mass is 32.2. The molecular formula is C12H15NO2S. The van der Waals surface area contributed by atoms with Crippen molar-refractivity contribution in [3.63, 3.8) is 0 Å². The maximum absolute atomic E-state index is 11.3. The number of nitrogens with one attached hydrogen (secondary N) is 1. The molecule has 4 heteroatoms. The highest BCUT2D eigenvalue weighted by molar-refractivity contribution is 8.00. The van der Waals surface area contributed by atoms with Crippen molar-refractivity contribution in [1.82, 2.24) is 5.32 Å². The molecular weight excluding hydrogens is 222 g/mol. The fourth-order valence-electron chi connectivity index (χ4n) is 1.08. The molecule has 1 aromatic carbocycles. The van der Waals surface area contributed by atoms with Gasteiger partial charge in [0, 0.05) is 11.4 Å². The molecule has 1 aromatic rings. The van der Waals surface area contributed by atoms with E-state index < -0.39 is 0 Å². The second-order valence-electron chi connectivity index (χ2n) is 3.06. The van der Waals surface area contributed by atoms with Crippen LogP contribution >= 0.6 is 11.8 Å². The van der Waals surface area contributed by atoms with E-state index in [0.29, 0.717) is 12.3 Å². The van der Waals surface area contributed by atoms with Gasteiger partial charge in [-0.25, -0.2) is 0 Å². The smallest absolute Gasteiger partial charge is 0.230 e. The predicted molar refractivity (Wildman–Crippen MR) is 66.9 cm³/mol. The van der Waals surface area contributed by atoms with Gasteiger partial charge in [0.1, 0.15) is 5.75 Å². The topological polar surface area (TPSA) is 38.3 Å². The molecule has 0 radical (unpaired) electrons. The molecule has 0 atom stereocenters. The van der Waals surface area contributed by atoms with Crippen molar-refractivity contribution in [2.24, 2.45) is 0 Å². The normalized spacial score (nSPS) is 9.56. The van der Waals surface area contributed by atoms with E-state index in [1.165, 1.54) is 11.8 Å². The van der Waals surface area contributed by atoms with E-state index in [1.807, 2.05) is 24.3 Å². The second kappa shape index (κ2) is 6.95. The summed E-state index contributed by atoms with van der Waals surface area (Å²) >= 11 is 1.48. The largest absolute Gasteiger partial charge is 0.497 e. The van der Waals surface area contributed by atoms with Gasteiger partial charge in [-0.3, -0.25) is 4.79 Å². The quantitative estimate of drug-likeness (QED) is 0.608. The molecule has 1 rings (SSSR count). The number of amides is 1. The molecule has 1 amide bonds. The SMILES string of the molecule is C=CCNC(=O)CSc1cccc(OC)c1. The van der Waals surface area contributed by atoms with Crippen LogP contribution in [0, 0.1) is 0 Å². The van der Waals surface area contributed by atoms with Gasteiger partial charge < -0.3 is 10.1 Å². The summed E-state index contributed by atoms with van der Waals surface area (Å²) in [6.45, 7) is 4.05. The van der Waals surface area contributed by atoms with Crippen LogP contribution < -0.4 is 10.1 Å². The zero-order valence-electron chi connectivity index (χ0n) is 9.23. The van der Waals surface area contributed by atoms with Gasteiger partial charge in [-0.2, -0.15) is 0 Å². The first-order valence-electron chi connectivity index (χ1n) is 4.90. The summed E-state index contributed by atoms with van der Waals surface area (Å²) < 4.78 is 5.10. The Morgan fingerprint density at radius 2 is 2.44 bits per heavy atom. The molecule has 1 N–H and O–H groups in total. The van der Waals surface area contributed by atoms with Crippen molar-refractivity contribution in [2.75, 3.05) is 19.4 Å². The summed E-state index contributed by atoms with van der Waals surface area (Å²) in [4.78, 5) is 12.3. The Kier molecular flexibility index (Phi) is 5.50. The van der Waals surface area contributed by atoms with Gasteiger partial charge in [-0.15, -0.1) is 18.3 Å². The van der Waals surface area contributed by atoms with Crippen LogP contribution in [0.4, 0.5) is 0 Å². The molecule has 0 aliphatic rings. The van der Waals surface area contributed by atoms with Crippen LogP contribution in [-0.2, 0) is 4.79 Å². The molecule has 0 bridgehead atoms. The lowest BCUT2D eigenvalue weighted by Gasteiger charge is -2.04. The first-order chi connectivity index (χ1) is 7.76. The van der Waals surface area contributed by atoms with Gasteiger partial charge in [0.2, 0.25) is 5.91 Å². The molecule has 0 aliphatic heterocycles. The highest BCUT2D eigenvalue weighted by Crippen LogP contribution is 2.22. The molecule has 0 fully saturated rings. The molecule has 0 saturated carbocycles. The molecule has 0 heterocycles. The third kappa shape index (κ3) is 4.40. The standard InChI is InChI=1S/C12H15NO2S/c1-3-7-13-12(14)9-16-11-6-4-5-10(8-11)15-2/h3-6,8H,1,7,9H2,2H3,(H,13,14). The third-order valence-electron chi connectivity index (χ3n) is 1.85. The Labute approximate surface area is 99.9 Å².